The highest BCUT2D eigenvalue weighted by Crippen LogP contribution is 2.06. The van der Waals surface area contributed by atoms with Gasteiger partial charge in [0, 0.05) is 5.56 Å². The van der Waals surface area contributed by atoms with E-state index in [0.717, 1.165) is 17.5 Å². The van der Waals surface area contributed by atoms with Crippen molar-refractivity contribution >= 4 is 17.7 Å². The Morgan fingerprint density at radius 2 is 1.53 bits per heavy atom. The number of benzene rings is 2. The Morgan fingerprint density at radius 3 is 2.12 bits per heavy atom. The number of para-hydroxylation sites is 1. The molecule has 0 atom stereocenters. The molecular formula is C14H12N2O. The molecule has 0 aliphatic carbocycles. The molecule has 0 heterocycles. The molecule has 2 aromatic rings. The average molecular weight is 224 g/mol. The first kappa shape index (κ1) is 11.1. The molecule has 2 rings (SSSR count). The molecule has 1 N–H and O–H groups in total. The van der Waals surface area contributed by atoms with E-state index in [9.17, 15) is 4.79 Å². The number of rotatable bonds is 4. The normalized spacial score (nSPS) is 10.9. The van der Waals surface area contributed by atoms with E-state index in [4.69, 9.17) is 0 Å². The van der Waals surface area contributed by atoms with Gasteiger partial charge in [0.2, 0.25) is 0 Å². The van der Waals surface area contributed by atoms with Gasteiger partial charge in [-0.1, -0.05) is 48.5 Å². The lowest BCUT2D eigenvalue weighted by Crippen LogP contribution is -2.05. The number of hydrogen-bond donors (Lipinski definition) is 1. The van der Waals surface area contributed by atoms with E-state index in [2.05, 4.69) is 10.5 Å². The second kappa shape index (κ2) is 5.61. The van der Waals surface area contributed by atoms with Crippen LogP contribution in [0.5, 0.6) is 0 Å². The summed E-state index contributed by atoms with van der Waals surface area (Å²) in [6.45, 7) is 0. The zero-order valence-electron chi connectivity index (χ0n) is 9.21. The minimum atomic E-state index is 0.384. The van der Waals surface area contributed by atoms with Crippen molar-refractivity contribution in [2.75, 3.05) is 5.43 Å². The van der Waals surface area contributed by atoms with Crippen LogP contribution < -0.4 is 5.43 Å². The fourth-order valence-corrected chi connectivity index (χ4v) is 1.41. The lowest BCUT2D eigenvalue weighted by atomic mass is 10.1. The number of carbonyl (C=O) groups is 1. The molecule has 0 aliphatic rings. The Labute approximate surface area is 99.8 Å². The van der Waals surface area contributed by atoms with Crippen LogP contribution in [-0.4, -0.2) is 12.0 Å². The van der Waals surface area contributed by atoms with Crippen LogP contribution in [0.4, 0.5) is 5.69 Å². The monoisotopic (exact) mass is 224 g/mol. The zero-order valence-corrected chi connectivity index (χ0v) is 9.21. The number of hydrogen-bond acceptors (Lipinski definition) is 3. The molecule has 3 heteroatoms. The number of carbonyl (C=O) groups excluding carboxylic acids is 1. The van der Waals surface area contributed by atoms with Crippen LogP contribution >= 0.6 is 0 Å². The summed E-state index contributed by atoms with van der Waals surface area (Å²) in [5.41, 5.74) is 4.88. The summed E-state index contributed by atoms with van der Waals surface area (Å²) >= 11 is 0. The van der Waals surface area contributed by atoms with E-state index in [0.29, 0.717) is 5.71 Å². The van der Waals surface area contributed by atoms with Gasteiger partial charge in [-0.15, -0.1) is 0 Å². The van der Waals surface area contributed by atoms with Gasteiger partial charge in [0.15, 0.2) is 6.29 Å². The Balaban J connectivity index is 2.17. The lowest BCUT2D eigenvalue weighted by Gasteiger charge is -2.02. The first-order chi connectivity index (χ1) is 8.40. The predicted molar refractivity (Wildman–Crippen MR) is 69.1 cm³/mol. The van der Waals surface area contributed by atoms with Crippen LogP contribution in [0.1, 0.15) is 5.56 Å². The number of anilines is 1. The highest BCUT2D eigenvalue weighted by molar-refractivity contribution is 6.36. The molecule has 0 radical (unpaired) electrons. The van der Waals surface area contributed by atoms with Crippen molar-refractivity contribution in [3.05, 3.63) is 66.2 Å². The minimum absolute atomic E-state index is 0.384. The number of aldehydes is 1. The molecule has 0 saturated carbocycles. The second-order valence-electron chi connectivity index (χ2n) is 3.46. The molecule has 0 amide bonds. The molecule has 0 bridgehead atoms. The van der Waals surface area contributed by atoms with E-state index in [1.807, 2.05) is 60.7 Å². The Kier molecular flexibility index (Phi) is 3.65. The van der Waals surface area contributed by atoms with Crippen molar-refractivity contribution in [2.45, 2.75) is 0 Å². The standard InChI is InChI=1S/C14H12N2O/c17-11-14(12-7-3-1-4-8-12)16-15-13-9-5-2-6-10-13/h1-11,15H/b16-14-. The topological polar surface area (TPSA) is 41.5 Å². The number of nitrogens with one attached hydrogen (secondary N) is 1. The second-order valence-corrected chi connectivity index (χ2v) is 3.46. The predicted octanol–water partition coefficient (Wildman–Crippen LogP) is 2.70. The lowest BCUT2D eigenvalue weighted by molar-refractivity contribution is -0.102. The Bertz CT molecular complexity index is 506. The van der Waals surface area contributed by atoms with Gasteiger partial charge < -0.3 is 0 Å². The molecule has 0 spiro atoms. The first-order valence-corrected chi connectivity index (χ1v) is 5.29. The highest BCUT2D eigenvalue weighted by Gasteiger charge is 2.00. The van der Waals surface area contributed by atoms with Crippen LogP contribution in [0.2, 0.25) is 0 Å². The fourth-order valence-electron chi connectivity index (χ4n) is 1.41. The molecule has 17 heavy (non-hydrogen) atoms. The highest BCUT2D eigenvalue weighted by atomic mass is 16.1. The van der Waals surface area contributed by atoms with Crippen molar-refractivity contribution in [3.8, 4) is 0 Å². The number of hydrazone groups is 1. The largest absolute Gasteiger partial charge is 0.296 e. The van der Waals surface area contributed by atoms with E-state index in [1.165, 1.54) is 0 Å². The van der Waals surface area contributed by atoms with Gasteiger partial charge >= 0.3 is 0 Å². The molecule has 2 aromatic carbocycles. The van der Waals surface area contributed by atoms with Crippen LogP contribution in [-0.2, 0) is 4.79 Å². The van der Waals surface area contributed by atoms with Gasteiger partial charge in [0.1, 0.15) is 5.71 Å². The van der Waals surface area contributed by atoms with E-state index in [1.54, 1.807) is 0 Å². The van der Waals surface area contributed by atoms with Crippen molar-refractivity contribution in [2.24, 2.45) is 5.10 Å². The molecule has 0 aliphatic heterocycles. The van der Waals surface area contributed by atoms with Gasteiger partial charge in [-0.05, 0) is 12.1 Å². The SMILES string of the molecule is O=C/C(=N/Nc1ccccc1)c1ccccc1. The van der Waals surface area contributed by atoms with Crippen LogP contribution in [0.3, 0.4) is 0 Å². The Morgan fingerprint density at radius 1 is 0.941 bits per heavy atom. The van der Waals surface area contributed by atoms with Gasteiger partial charge in [-0.2, -0.15) is 5.10 Å². The average Bonchev–Trinajstić information content (AvgIpc) is 2.42. The van der Waals surface area contributed by atoms with Crippen molar-refractivity contribution in [3.63, 3.8) is 0 Å². The van der Waals surface area contributed by atoms with Gasteiger partial charge in [0.05, 0.1) is 5.69 Å². The zero-order chi connectivity index (χ0) is 11.9. The molecule has 0 aromatic heterocycles. The van der Waals surface area contributed by atoms with Crippen molar-refractivity contribution in [1.82, 2.24) is 0 Å². The van der Waals surface area contributed by atoms with E-state index in [-0.39, 0.29) is 0 Å². The molecule has 3 nitrogen and oxygen atoms in total. The fraction of sp³-hybridized carbons (Fsp3) is 0. The smallest absolute Gasteiger partial charge is 0.170 e. The van der Waals surface area contributed by atoms with Crippen molar-refractivity contribution in [1.29, 1.82) is 0 Å². The summed E-state index contributed by atoms with van der Waals surface area (Å²) in [5.74, 6) is 0. The summed E-state index contributed by atoms with van der Waals surface area (Å²) < 4.78 is 0. The maximum absolute atomic E-state index is 11.0. The molecule has 0 unspecified atom stereocenters. The van der Waals surface area contributed by atoms with Crippen LogP contribution in [0.15, 0.2) is 65.8 Å². The molecule has 84 valence electrons. The van der Waals surface area contributed by atoms with Gasteiger partial charge in [-0.3, -0.25) is 10.2 Å². The summed E-state index contributed by atoms with van der Waals surface area (Å²) in [7, 11) is 0. The third kappa shape index (κ3) is 3.01. The summed E-state index contributed by atoms with van der Waals surface area (Å²) in [6.07, 6.45) is 0.741. The maximum Gasteiger partial charge on any atom is 0.170 e. The summed E-state index contributed by atoms with van der Waals surface area (Å²) in [6, 6.07) is 18.8. The molecule has 0 saturated heterocycles. The van der Waals surface area contributed by atoms with Crippen LogP contribution in [0, 0.1) is 0 Å². The van der Waals surface area contributed by atoms with Crippen LogP contribution in [0.25, 0.3) is 0 Å². The third-order valence-corrected chi connectivity index (χ3v) is 2.26. The quantitative estimate of drug-likeness (QED) is 0.493. The van der Waals surface area contributed by atoms with Gasteiger partial charge in [0.25, 0.3) is 0 Å². The van der Waals surface area contributed by atoms with Crippen molar-refractivity contribution < 1.29 is 4.79 Å². The minimum Gasteiger partial charge on any atom is -0.296 e. The summed E-state index contributed by atoms with van der Waals surface area (Å²) in [4.78, 5) is 11.0. The van der Waals surface area contributed by atoms with E-state index < -0.39 is 0 Å². The molecular weight excluding hydrogens is 212 g/mol. The third-order valence-electron chi connectivity index (χ3n) is 2.26. The first-order valence-electron chi connectivity index (χ1n) is 5.29. The van der Waals surface area contributed by atoms with E-state index >= 15 is 0 Å². The molecule has 0 fully saturated rings. The number of nitrogens with zero attached hydrogens (tertiary/aromatic N) is 1. The maximum atomic E-state index is 11.0. The summed E-state index contributed by atoms with van der Waals surface area (Å²) in [5, 5.41) is 4.08. The Hall–Kier alpha value is -2.42. The van der Waals surface area contributed by atoms with Gasteiger partial charge in [-0.25, -0.2) is 0 Å².